The third-order valence-electron chi connectivity index (χ3n) is 5.33. The first-order chi connectivity index (χ1) is 11.1. The fraction of sp³-hybridized carbons (Fsp3) is 0.882. The molecule has 3 unspecified atom stereocenters. The highest BCUT2D eigenvalue weighted by molar-refractivity contribution is 7.99. The number of aliphatic carboxylic acids is 1. The van der Waals surface area contributed by atoms with Crippen LogP contribution in [-0.2, 0) is 9.59 Å². The molecule has 3 atom stereocenters. The van der Waals surface area contributed by atoms with Crippen LogP contribution < -0.4 is 0 Å². The number of carbonyl (C=O) groups excluding carboxylic acids is 1. The second-order valence-electron chi connectivity index (χ2n) is 6.58. The highest BCUT2D eigenvalue weighted by Crippen LogP contribution is 2.40. The standard InChI is InChI=1S/C17H30N2O3S/c1-3-18(4-2)9-10-23-12-16(20)19-14-8-6-5-7-13(14)11-15(19)17(21)22/h13-15H,3-12H2,1-2H3,(H,21,22). The quantitative estimate of drug-likeness (QED) is 0.686. The molecule has 0 bridgehead atoms. The van der Waals surface area contributed by atoms with Crippen molar-refractivity contribution in [2.75, 3.05) is 31.1 Å². The monoisotopic (exact) mass is 342 g/mol. The van der Waals surface area contributed by atoms with E-state index in [0.29, 0.717) is 18.1 Å². The first-order valence-electron chi connectivity index (χ1n) is 8.92. The molecule has 5 nitrogen and oxygen atoms in total. The van der Waals surface area contributed by atoms with Gasteiger partial charge in [-0.2, -0.15) is 11.8 Å². The van der Waals surface area contributed by atoms with E-state index in [2.05, 4.69) is 18.7 Å². The van der Waals surface area contributed by atoms with Crippen molar-refractivity contribution >= 4 is 23.6 Å². The molecule has 2 fully saturated rings. The Morgan fingerprint density at radius 2 is 1.91 bits per heavy atom. The van der Waals surface area contributed by atoms with Crippen molar-refractivity contribution in [3.63, 3.8) is 0 Å². The van der Waals surface area contributed by atoms with Crippen molar-refractivity contribution in [3.8, 4) is 0 Å². The molecule has 1 aliphatic carbocycles. The molecule has 1 N–H and O–H groups in total. The zero-order chi connectivity index (χ0) is 16.8. The molecule has 1 aliphatic heterocycles. The Morgan fingerprint density at radius 3 is 2.57 bits per heavy atom. The van der Waals surface area contributed by atoms with E-state index >= 15 is 0 Å². The average Bonchev–Trinajstić information content (AvgIpc) is 2.94. The molecule has 2 aliphatic rings. The Labute approximate surface area is 143 Å². The lowest BCUT2D eigenvalue weighted by molar-refractivity contribution is -0.148. The van der Waals surface area contributed by atoms with Gasteiger partial charge in [0, 0.05) is 18.3 Å². The van der Waals surface area contributed by atoms with Gasteiger partial charge in [-0.1, -0.05) is 26.7 Å². The summed E-state index contributed by atoms with van der Waals surface area (Å²) in [6, 6.07) is -0.431. The van der Waals surface area contributed by atoms with E-state index < -0.39 is 12.0 Å². The van der Waals surface area contributed by atoms with Gasteiger partial charge in [-0.15, -0.1) is 0 Å². The smallest absolute Gasteiger partial charge is 0.326 e. The van der Waals surface area contributed by atoms with Crippen LogP contribution in [0.3, 0.4) is 0 Å². The number of rotatable bonds is 8. The first-order valence-corrected chi connectivity index (χ1v) is 10.1. The second-order valence-corrected chi connectivity index (χ2v) is 7.69. The predicted molar refractivity (Wildman–Crippen MR) is 93.7 cm³/mol. The molecule has 0 aromatic rings. The highest BCUT2D eigenvalue weighted by atomic mass is 32.2. The molecule has 1 heterocycles. The maximum Gasteiger partial charge on any atom is 0.326 e. The highest BCUT2D eigenvalue weighted by Gasteiger charge is 2.47. The van der Waals surface area contributed by atoms with Crippen molar-refractivity contribution < 1.29 is 14.7 Å². The first kappa shape index (κ1) is 18.6. The lowest BCUT2D eigenvalue weighted by atomic mass is 9.85. The number of thioether (sulfide) groups is 1. The van der Waals surface area contributed by atoms with Crippen molar-refractivity contribution in [1.29, 1.82) is 0 Å². The molecule has 0 aromatic heterocycles. The molecule has 0 spiro atoms. The summed E-state index contributed by atoms with van der Waals surface area (Å²) in [7, 11) is 0. The number of carbonyl (C=O) groups is 2. The Hall–Kier alpha value is -0.750. The van der Waals surface area contributed by atoms with Gasteiger partial charge in [0.15, 0.2) is 0 Å². The molecule has 23 heavy (non-hydrogen) atoms. The van der Waals surface area contributed by atoms with Crippen molar-refractivity contribution in [2.45, 2.75) is 58.0 Å². The molecule has 6 heteroatoms. The minimum absolute atomic E-state index is 0.0244. The summed E-state index contributed by atoms with van der Waals surface area (Å²) >= 11 is 1.63. The van der Waals surface area contributed by atoms with Crippen LogP contribution in [0.4, 0.5) is 0 Å². The molecule has 0 aromatic carbocycles. The van der Waals surface area contributed by atoms with E-state index in [9.17, 15) is 14.7 Å². The van der Waals surface area contributed by atoms with Gasteiger partial charge in [-0.05, 0) is 38.3 Å². The largest absolute Gasteiger partial charge is 0.480 e. The van der Waals surface area contributed by atoms with E-state index in [1.807, 2.05) is 0 Å². The fourth-order valence-electron chi connectivity index (χ4n) is 4.01. The lowest BCUT2D eigenvalue weighted by Gasteiger charge is -2.33. The van der Waals surface area contributed by atoms with Crippen LogP contribution in [-0.4, -0.2) is 70.0 Å². The molecule has 0 radical (unpaired) electrons. The van der Waals surface area contributed by atoms with E-state index in [1.54, 1.807) is 16.7 Å². The Morgan fingerprint density at radius 1 is 1.22 bits per heavy atom. The van der Waals surface area contributed by atoms with Crippen molar-refractivity contribution in [1.82, 2.24) is 9.80 Å². The summed E-state index contributed by atoms with van der Waals surface area (Å²) in [6.07, 6.45) is 4.99. The van der Waals surface area contributed by atoms with Gasteiger partial charge in [0.1, 0.15) is 6.04 Å². The molecule has 1 saturated carbocycles. The summed E-state index contributed by atoms with van der Waals surface area (Å²) in [5.41, 5.74) is 0. The third-order valence-corrected chi connectivity index (χ3v) is 6.26. The number of fused-ring (bicyclic) bond motifs is 1. The van der Waals surface area contributed by atoms with Crippen LogP contribution in [0.1, 0.15) is 46.0 Å². The molecule has 2 rings (SSSR count). The summed E-state index contributed by atoms with van der Waals surface area (Å²) in [5, 5.41) is 9.48. The number of hydrogen-bond acceptors (Lipinski definition) is 4. The van der Waals surface area contributed by atoms with E-state index in [0.717, 1.165) is 44.6 Å². The predicted octanol–water partition coefficient (Wildman–Crippen LogP) is 2.31. The third kappa shape index (κ3) is 4.63. The normalized spacial score (nSPS) is 27.3. The molecule has 132 valence electrons. The van der Waals surface area contributed by atoms with Crippen LogP contribution in [0.25, 0.3) is 0 Å². The molecule has 1 saturated heterocycles. The van der Waals surface area contributed by atoms with Crippen molar-refractivity contribution in [3.05, 3.63) is 0 Å². The van der Waals surface area contributed by atoms with E-state index in [-0.39, 0.29) is 11.9 Å². The van der Waals surface area contributed by atoms with Gasteiger partial charge in [0.05, 0.1) is 5.75 Å². The number of hydrogen-bond donors (Lipinski definition) is 1. The van der Waals surface area contributed by atoms with Crippen LogP contribution in [0.15, 0.2) is 0 Å². The van der Waals surface area contributed by atoms with Crippen LogP contribution in [0.2, 0.25) is 0 Å². The van der Waals surface area contributed by atoms with Gasteiger partial charge >= 0.3 is 5.97 Å². The number of nitrogens with zero attached hydrogens (tertiary/aromatic N) is 2. The zero-order valence-electron chi connectivity index (χ0n) is 14.4. The van der Waals surface area contributed by atoms with Gasteiger partial charge in [-0.25, -0.2) is 4.79 Å². The number of amides is 1. The topological polar surface area (TPSA) is 60.9 Å². The van der Waals surface area contributed by atoms with Crippen LogP contribution >= 0.6 is 11.8 Å². The van der Waals surface area contributed by atoms with E-state index in [4.69, 9.17) is 0 Å². The van der Waals surface area contributed by atoms with E-state index in [1.165, 1.54) is 6.42 Å². The SMILES string of the molecule is CCN(CC)CCSCC(=O)N1C(C(=O)O)CC2CCCCC21. The zero-order valence-corrected chi connectivity index (χ0v) is 15.2. The second kappa shape index (κ2) is 8.92. The summed E-state index contributed by atoms with van der Waals surface area (Å²) in [4.78, 5) is 28.2. The lowest BCUT2D eigenvalue weighted by Crippen LogP contribution is -2.47. The Kier molecular flexibility index (Phi) is 7.21. The van der Waals surface area contributed by atoms with Gasteiger partial charge in [0.25, 0.3) is 0 Å². The summed E-state index contributed by atoms with van der Waals surface area (Å²) in [5.74, 6) is 0.924. The number of carboxylic acid groups (broad SMARTS) is 1. The van der Waals surface area contributed by atoms with Crippen molar-refractivity contribution in [2.24, 2.45) is 5.92 Å². The van der Waals surface area contributed by atoms with Gasteiger partial charge in [0.2, 0.25) is 5.91 Å². The van der Waals surface area contributed by atoms with Crippen LogP contribution in [0.5, 0.6) is 0 Å². The maximum atomic E-state index is 12.6. The minimum atomic E-state index is -0.833. The minimum Gasteiger partial charge on any atom is -0.480 e. The summed E-state index contributed by atoms with van der Waals surface area (Å²) in [6.45, 7) is 7.33. The maximum absolute atomic E-state index is 12.6. The molecular weight excluding hydrogens is 312 g/mol. The van der Waals surface area contributed by atoms with Gasteiger partial charge < -0.3 is 14.9 Å². The summed E-state index contributed by atoms with van der Waals surface area (Å²) < 4.78 is 0. The van der Waals surface area contributed by atoms with Crippen LogP contribution in [0, 0.1) is 5.92 Å². The van der Waals surface area contributed by atoms with Gasteiger partial charge in [-0.3, -0.25) is 4.79 Å². The number of likely N-dealkylation sites (tertiary alicyclic amines) is 1. The molecule has 1 amide bonds. The molecular formula is C17H30N2O3S. The number of carboxylic acids is 1. The Balaban J connectivity index is 1.87. The fourth-order valence-corrected chi connectivity index (χ4v) is 4.86. The Bertz CT molecular complexity index is 415. The average molecular weight is 343 g/mol.